The van der Waals surface area contributed by atoms with Crippen LogP contribution in [-0.2, 0) is 17.7 Å². The molecule has 1 saturated heterocycles. The van der Waals surface area contributed by atoms with Gasteiger partial charge in [0.2, 0.25) is 0 Å². The highest BCUT2D eigenvalue weighted by Gasteiger charge is 2.20. The molecule has 0 aromatic carbocycles. The van der Waals surface area contributed by atoms with E-state index in [0.717, 1.165) is 44.8 Å². The number of hydrogen-bond donors (Lipinski definition) is 1. The molecular weight excluding hydrogens is 286 g/mol. The molecule has 1 fully saturated rings. The zero-order chi connectivity index (χ0) is 14.5. The maximum Gasteiger partial charge on any atom is 0.250 e. The molecule has 112 valence electrons. The molecule has 21 heavy (non-hydrogen) atoms. The zero-order valence-electron chi connectivity index (χ0n) is 11.8. The molecule has 6 heteroatoms. The first-order valence-corrected chi connectivity index (χ1v) is 8.12. The Balaban J connectivity index is 1.50. The Morgan fingerprint density at radius 1 is 1.52 bits per heavy atom. The third kappa shape index (κ3) is 4.23. The average molecular weight is 305 g/mol. The second kappa shape index (κ2) is 6.98. The van der Waals surface area contributed by atoms with Gasteiger partial charge in [0.1, 0.15) is 0 Å². The minimum absolute atomic E-state index is 0.0938. The van der Waals surface area contributed by atoms with Gasteiger partial charge in [-0.1, -0.05) is 0 Å². The van der Waals surface area contributed by atoms with Crippen LogP contribution in [0.1, 0.15) is 17.7 Å². The number of nitrogens with one attached hydrogen (secondary N) is 1. The predicted octanol–water partition coefficient (Wildman–Crippen LogP) is 1.67. The van der Waals surface area contributed by atoms with Crippen LogP contribution in [0.25, 0.3) is 0 Å². The van der Waals surface area contributed by atoms with Crippen LogP contribution in [0.2, 0.25) is 0 Å². The minimum atomic E-state index is -0.0938. The van der Waals surface area contributed by atoms with E-state index in [4.69, 9.17) is 4.74 Å². The number of aromatic nitrogens is 2. The van der Waals surface area contributed by atoms with E-state index in [0.29, 0.717) is 0 Å². The molecule has 1 N–H and O–H groups in total. The Bertz CT molecular complexity index is 611. The van der Waals surface area contributed by atoms with Crippen molar-refractivity contribution in [3.63, 3.8) is 0 Å². The number of thiophene rings is 1. The summed E-state index contributed by atoms with van der Waals surface area (Å²) >= 11 is 1.74. The third-order valence-electron chi connectivity index (χ3n) is 3.67. The van der Waals surface area contributed by atoms with Crippen molar-refractivity contribution in [1.82, 2.24) is 14.9 Å². The molecule has 0 saturated carbocycles. The molecule has 0 aliphatic carbocycles. The van der Waals surface area contributed by atoms with Crippen LogP contribution in [0.15, 0.2) is 34.0 Å². The summed E-state index contributed by atoms with van der Waals surface area (Å²) < 4.78 is 5.83. The Labute approximate surface area is 127 Å². The molecule has 1 aliphatic heterocycles. The number of hydrogen-bond acceptors (Lipinski definition) is 5. The molecule has 2 aromatic rings. The van der Waals surface area contributed by atoms with Gasteiger partial charge in [-0.15, -0.1) is 0 Å². The van der Waals surface area contributed by atoms with Crippen molar-refractivity contribution in [2.45, 2.75) is 25.5 Å². The molecule has 5 nitrogen and oxygen atoms in total. The quantitative estimate of drug-likeness (QED) is 0.913. The van der Waals surface area contributed by atoms with Gasteiger partial charge in [0.15, 0.2) is 0 Å². The van der Waals surface area contributed by atoms with E-state index in [2.05, 4.69) is 31.7 Å². The fourth-order valence-corrected chi connectivity index (χ4v) is 3.25. The van der Waals surface area contributed by atoms with Crippen LogP contribution in [0.4, 0.5) is 0 Å². The third-order valence-corrected chi connectivity index (χ3v) is 4.40. The van der Waals surface area contributed by atoms with Gasteiger partial charge in [0.05, 0.1) is 19.0 Å². The highest BCUT2D eigenvalue weighted by molar-refractivity contribution is 7.07. The summed E-state index contributed by atoms with van der Waals surface area (Å²) in [7, 11) is 0. The summed E-state index contributed by atoms with van der Waals surface area (Å²) in [6.45, 7) is 3.69. The van der Waals surface area contributed by atoms with E-state index in [-0.39, 0.29) is 11.7 Å². The largest absolute Gasteiger partial charge is 0.376 e. The van der Waals surface area contributed by atoms with E-state index in [1.807, 2.05) is 0 Å². The normalized spacial score (nSPS) is 19.7. The van der Waals surface area contributed by atoms with Crippen LogP contribution < -0.4 is 5.56 Å². The van der Waals surface area contributed by atoms with Crippen LogP contribution in [-0.4, -0.2) is 40.7 Å². The lowest BCUT2D eigenvalue weighted by Gasteiger charge is -2.32. The fraction of sp³-hybridized carbons (Fsp3) is 0.467. The number of rotatable bonds is 5. The van der Waals surface area contributed by atoms with Gasteiger partial charge in [0.25, 0.3) is 5.56 Å². The topological polar surface area (TPSA) is 58.2 Å². The number of aromatic amines is 1. The number of aryl methyl sites for hydroxylation is 1. The first-order chi connectivity index (χ1) is 10.3. The van der Waals surface area contributed by atoms with Crippen LogP contribution in [0.5, 0.6) is 0 Å². The van der Waals surface area contributed by atoms with Crippen molar-refractivity contribution in [2.75, 3.05) is 19.7 Å². The van der Waals surface area contributed by atoms with Gasteiger partial charge >= 0.3 is 0 Å². The molecular formula is C15H19N3O2S. The molecule has 3 rings (SSSR count). The number of morpholine rings is 1. The fourth-order valence-electron chi connectivity index (χ4n) is 2.59. The van der Waals surface area contributed by atoms with E-state index in [1.54, 1.807) is 17.4 Å². The van der Waals surface area contributed by atoms with E-state index in [9.17, 15) is 4.79 Å². The van der Waals surface area contributed by atoms with Crippen molar-refractivity contribution < 1.29 is 4.74 Å². The van der Waals surface area contributed by atoms with Gasteiger partial charge in [-0.2, -0.15) is 11.3 Å². The van der Waals surface area contributed by atoms with Gasteiger partial charge in [-0.25, -0.2) is 4.98 Å². The summed E-state index contributed by atoms with van der Waals surface area (Å²) in [5.74, 6) is 0. The molecule has 1 unspecified atom stereocenters. The summed E-state index contributed by atoms with van der Waals surface area (Å²) in [5.41, 5.74) is 2.11. The van der Waals surface area contributed by atoms with E-state index >= 15 is 0 Å². The van der Waals surface area contributed by atoms with Crippen molar-refractivity contribution in [3.05, 3.63) is 50.8 Å². The van der Waals surface area contributed by atoms with Crippen LogP contribution >= 0.6 is 11.3 Å². The second-order valence-corrected chi connectivity index (χ2v) is 6.08. The summed E-state index contributed by atoms with van der Waals surface area (Å²) in [6.07, 6.45) is 3.36. The molecule has 1 aliphatic rings. The lowest BCUT2D eigenvalue weighted by Crippen LogP contribution is -2.42. The smallest absolute Gasteiger partial charge is 0.250 e. The van der Waals surface area contributed by atoms with Crippen LogP contribution in [0.3, 0.4) is 0 Å². The number of nitrogens with zero attached hydrogens (tertiary/aromatic N) is 2. The van der Waals surface area contributed by atoms with Crippen molar-refractivity contribution >= 4 is 11.3 Å². The van der Waals surface area contributed by atoms with Crippen LogP contribution in [0, 0.1) is 0 Å². The maximum absolute atomic E-state index is 11.2. The molecule has 0 spiro atoms. The Kier molecular flexibility index (Phi) is 4.80. The summed E-state index contributed by atoms with van der Waals surface area (Å²) in [5, 5.41) is 4.32. The predicted molar refractivity (Wildman–Crippen MR) is 82.5 cm³/mol. The maximum atomic E-state index is 11.2. The number of ether oxygens (including phenoxy) is 1. The van der Waals surface area contributed by atoms with Crippen molar-refractivity contribution in [2.24, 2.45) is 0 Å². The molecule has 2 aromatic heterocycles. The average Bonchev–Trinajstić information content (AvgIpc) is 2.99. The summed E-state index contributed by atoms with van der Waals surface area (Å²) in [4.78, 5) is 20.4. The lowest BCUT2D eigenvalue weighted by atomic mass is 10.1. The van der Waals surface area contributed by atoms with Gasteiger partial charge in [-0.05, 0) is 35.2 Å². The highest BCUT2D eigenvalue weighted by atomic mass is 32.1. The molecule has 3 heterocycles. The Hall–Kier alpha value is -1.50. The highest BCUT2D eigenvalue weighted by Crippen LogP contribution is 2.15. The Morgan fingerprint density at radius 3 is 3.29 bits per heavy atom. The monoisotopic (exact) mass is 305 g/mol. The SMILES string of the molecule is O=c1cc(CCC2CN(Cc3ccsc3)CCO2)nc[nH]1. The summed E-state index contributed by atoms with van der Waals surface area (Å²) in [6, 6.07) is 3.74. The standard InChI is InChI=1S/C15H19N3O2S/c19-15-7-13(16-11-17-15)1-2-14-9-18(4-5-20-14)8-12-3-6-21-10-12/h3,6-7,10-11,14H,1-2,4-5,8-9H2,(H,16,17,19). The number of H-pyrrole nitrogens is 1. The first kappa shape index (κ1) is 14.4. The molecule has 0 radical (unpaired) electrons. The Morgan fingerprint density at radius 2 is 2.48 bits per heavy atom. The van der Waals surface area contributed by atoms with Crippen molar-refractivity contribution in [1.29, 1.82) is 0 Å². The molecule has 1 atom stereocenters. The van der Waals surface area contributed by atoms with Gasteiger partial charge in [-0.3, -0.25) is 9.69 Å². The minimum Gasteiger partial charge on any atom is -0.376 e. The first-order valence-electron chi connectivity index (χ1n) is 7.18. The molecule has 0 bridgehead atoms. The lowest BCUT2D eigenvalue weighted by molar-refractivity contribution is -0.0346. The second-order valence-electron chi connectivity index (χ2n) is 5.30. The van der Waals surface area contributed by atoms with Crippen molar-refractivity contribution in [3.8, 4) is 0 Å². The van der Waals surface area contributed by atoms with Gasteiger partial charge in [0, 0.05) is 31.4 Å². The molecule has 0 amide bonds. The zero-order valence-corrected chi connectivity index (χ0v) is 12.6. The van der Waals surface area contributed by atoms with E-state index in [1.165, 1.54) is 11.9 Å². The van der Waals surface area contributed by atoms with E-state index < -0.39 is 0 Å². The van der Waals surface area contributed by atoms with Gasteiger partial charge < -0.3 is 9.72 Å².